The van der Waals surface area contributed by atoms with Gasteiger partial charge >= 0.3 is 6.03 Å². The van der Waals surface area contributed by atoms with Crippen molar-refractivity contribution in [1.29, 1.82) is 0 Å². The number of likely N-dealkylation sites (tertiary alicyclic amines) is 1. The summed E-state index contributed by atoms with van der Waals surface area (Å²) in [4.78, 5) is 49.2. The minimum absolute atomic E-state index is 0.000910. The van der Waals surface area contributed by atoms with Gasteiger partial charge in [0.1, 0.15) is 5.75 Å². The van der Waals surface area contributed by atoms with Crippen LogP contribution in [0.25, 0.3) is 10.2 Å². The molecule has 1 aromatic carbocycles. The molecule has 4 amide bonds. The van der Waals surface area contributed by atoms with Gasteiger partial charge in [0, 0.05) is 75.2 Å². The molecule has 216 valence electrons. The molecule has 2 aromatic heterocycles. The number of urea groups is 1. The molecule has 2 N–H and O–H groups in total. The molecular formula is C29H33FN6O4S. The summed E-state index contributed by atoms with van der Waals surface area (Å²) in [5.74, 6) is -0.177. The average molecular weight is 581 g/mol. The number of halogens is 1. The Morgan fingerprint density at radius 1 is 0.951 bits per heavy atom. The first-order valence-corrected chi connectivity index (χ1v) is 14.9. The van der Waals surface area contributed by atoms with Crippen molar-refractivity contribution in [2.24, 2.45) is 5.92 Å². The van der Waals surface area contributed by atoms with Crippen LogP contribution in [-0.2, 0) is 4.79 Å². The highest BCUT2D eigenvalue weighted by molar-refractivity contribution is 7.21. The van der Waals surface area contributed by atoms with Crippen molar-refractivity contribution < 1.29 is 23.5 Å². The normalized spacial score (nSPS) is 18.4. The first-order valence-electron chi connectivity index (χ1n) is 14.0. The summed E-state index contributed by atoms with van der Waals surface area (Å²) in [6, 6.07) is 7.45. The smallest absolute Gasteiger partial charge is 0.319 e. The third-order valence-electron chi connectivity index (χ3n) is 7.86. The lowest BCUT2D eigenvalue weighted by Gasteiger charge is -2.37. The van der Waals surface area contributed by atoms with Crippen molar-refractivity contribution >= 4 is 45.1 Å². The van der Waals surface area contributed by atoms with E-state index in [2.05, 4.69) is 27.6 Å². The summed E-state index contributed by atoms with van der Waals surface area (Å²) in [7, 11) is 2.07. The second-order valence-electron chi connectivity index (χ2n) is 10.9. The average Bonchev–Trinajstić information content (AvgIpc) is 3.67. The van der Waals surface area contributed by atoms with Crippen LogP contribution in [0.15, 0.2) is 36.5 Å². The number of piperazine rings is 1. The van der Waals surface area contributed by atoms with E-state index < -0.39 is 5.82 Å². The summed E-state index contributed by atoms with van der Waals surface area (Å²) < 4.78 is 21.4. The number of carbonyl (C=O) groups excluding carboxylic acids is 3. The van der Waals surface area contributed by atoms with Gasteiger partial charge in [-0.2, -0.15) is 0 Å². The lowest BCUT2D eigenvalue weighted by molar-refractivity contribution is -0.138. The molecule has 2 saturated heterocycles. The van der Waals surface area contributed by atoms with Crippen LogP contribution in [0.5, 0.6) is 11.5 Å². The van der Waals surface area contributed by atoms with Gasteiger partial charge in [-0.25, -0.2) is 9.18 Å². The van der Waals surface area contributed by atoms with Crippen LogP contribution >= 0.6 is 11.3 Å². The number of benzene rings is 1. The standard InChI is InChI=1S/C29H33FN6O4S/c1-34-12-14-36(15-13-34)27(37)18-7-10-35(11-8-18)28(38)25-17-22-26(41-25)24(6-9-31-22)40-23-5-4-20(16-21(23)30)33-29(39)32-19-2-3-19/h4-6,9,16-19H,2-3,7-8,10-15H2,1H3,(H2,32,33,39). The number of nitrogens with one attached hydrogen (secondary N) is 2. The molecule has 1 saturated carbocycles. The van der Waals surface area contributed by atoms with E-state index in [9.17, 15) is 18.8 Å². The number of aromatic nitrogens is 1. The molecule has 3 fully saturated rings. The van der Waals surface area contributed by atoms with Crippen LogP contribution in [0.1, 0.15) is 35.4 Å². The van der Waals surface area contributed by atoms with Crippen molar-refractivity contribution in [3.05, 3.63) is 47.2 Å². The van der Waals surface area contributed by atoms with Crippen LogP contribution < -0.4 is 15.4 Å². The molecule has 0 bridgehead atoms. The molecule has 0 radical (unpaired) electrons. The van der Waals surface area contributed by atoms with Crippen LogP contribution in [0.4, 0.5) is 14.9 Å². The van der Waals surface area contributed by atoms with E-state index in [4.69, 9.17) is 4.74 Å². The Hall–Kier alpha value is -3.77. The van der Waals surface area contributed by atoms with Crippen LogP contribution in [0.3, 0.4) is 0 Å². The maximum absolute atomic E-state index is 14.9. The van der Waals surface area contributed by atoms with Gasteiger partial charge < -0.3 is 30.1 Å². The SMILES string of the molecule is CN1CCN(C(=O)C2CCN(C(=O)c3cc4nccc(Oc5ccc(NC(=O)NC6CC6)cc5F)c4s3)CC2)CC1. The Labute approximate surface area is 241 Å². The predicted octanol–water partition coefficient (Wildman–Crippen LogP) is 4.14. The number of thiophene rings is 1. The summed E-state index contributed by atoms with van der Waals surface area (Å²) >= 11 is 1.26. The zero-order valence-corrected chi connectivity index (χ0v) is 23.7. The lowest BCUT2D eigenvalue weighted by atomic mass is 9.95. The second kappa shape index (κ2) is 11.6. The van der Waals surface area contributed by atoms with Gasteiger partial charge in [0.25, 0.3) is 5.91 Å². The van der Waals surface area contributed by atoms with Crippen molar-refractivity contribution in [2.45, 2.75) is 31.7 Å². The topological polar surface area (TPSA) is 107 Å². The molecule has 1 aliphatic carbocycles. The fraction of sp³-hybridized carbons (Fsp3) is 0.448. The first-order chi connectivity index (χ1) is 19.8. The number of hydrogen-bond donors (Lipinski definition) is 2. The van der Waals surface area contributed by atoms with Gasteiger partial charge in [-0.05, 0) is 50.9 Å². The predicted molar refractivity (Wildman–Crippen MR) is 154 cm³/mol. The van der Waals surface area contributed by atoms with Gasteiger partial charge in [0.15, 0.2) is 11.6 Å². The fourth-order valence-corrected chi connectivity index (χ4v) is 6.26. The van der Waals surface area contributed by atoms with Crippen molar-refractivity contribution in [2.75, 3.05) is 51.6 Å². The molecule has 3 aliphatic rings. The van der Waals surface area contributed by atoms with Crippen molar-refractivity contribution in [3.8, 4) is 11.5 Å². The highest BCUT2D eigenvalue weighted by Crippen LogP contribution is 2.37. The second-order valence-corrected chi connectivity index (χ2v) is 12.0. The summed E-state index contributed by atoms with van der Waals surface area (Å²) in [6.45, 7) is 4.36. The molecule has 10 nitrogen and oxygen atoms in total. The Kier molecular flexibility index (Phi) is 7.76. The molecule has 0 unspecified atom stereocenters. The third kappa shape index (κ3) is 6.28. The molecule has 0 atom stereocenters. The highest BCUT2D eigenvalue weighted by Gasteiger charge is 2.32. The largest absolute Gasteiger partial charge is 0.453 e. The molecule has 2 aliphatic heterocycles. The summed E-state index contributed by atoms with van der Waals surface area (Å²) in [5.41, 5.74) is 0.914. The molecule has 6 rings (SSSR count). The Morgan fingerprint density at radius 2 is 1.71 bits per heavy atom. The molecule has 4 heterocycles. The monoisotopic (exact) mass is 580 g/mol. The number of hydrogen-bond acceptors (Lipinski definition) is 7. The van der Waals surface area contributed by atoms with Gasteiger partial charge in [-0.15, -0.1) is 11.3 Å². The quantitative estimate of drug-likeness (QED) is 0.454. The van der Waals surface area contributed by atoms with Gasteiger partial charge in [0.2, 0.25) is 5.91 Å². The van der Waals surface area contributed by atoms with Crippen LogP contribution in [-0.4, -0.2) is 89.9 Å². The zero-order valence-electron chi connectivity index (χ0n) is 22.9. The summed E-state index contributed by atoms with van der Waals surface area (Å²) in [5, 5.41) is 5.42. The van der Waals surface area contributed by atoms with E-state index in [1.165, 1.54) is 23.5 Å². The van der Waals surface area contributed by atoms with Gasteiger partial charge in [-0.3, -0.25) is 14.6 Å². The minimum Gasteiger partial charge on any atom is -0.453 e. The van der Waals surface area contributed by atoms with Crippen LogP contribution in [0.2, 0.25) is 0 Å². The number of carbonyl (C=O) groups is 3. The maximum atomic E-state index is 14.9. The number of fused-ring (bicyclic) bond motifs is 1. The third-order valence-corrected chi connectivity index (χ3v) is 8.98. The maximum Gasteiger partial charge on any atom is 0.319 e. The fourth-order valence-electron chi connectivity index (χ4n) is 5.23. The van der Waals surface area contributed by atoms with E-state index in [0.29, 0.717) is 52.5 Å². The van der Waals surface area contributed by atoms with Gasteiger partial charge in [0.05, 0.1) is 15.1 Å². The highest BCUT2D eigenvalue weighted by atomic mass is 32.1. The number of amides is 4. The molecular weight excluding hydrogens is 547 g/mol. The minimum atomic E-state index is -0.624. The number of ether oxygens (including phenoxy) is 1. The molecule has 3 aromatic rings. The van der Waals surface area contributed by atoms with E-state index in [-0.39, 0.29) is 35.6 Å². The Morgan fingerprint density at radius 3 is 2.41 bits per heavy atom. The van der Waals surface area contributed by atoms with E-state index >= 15 is 0 Å². The molecule has 41 heavy (non-hydrogen) atoms. The van der Waals surface area contributed by atoms with Crippen LogP contribution in [0, 0.1) is 11.7 Å². The first kappa shape index (κ1) is 27.4. The Balaban J connectivity index is 1.09. The number of rotatable bonds is 6. The summed E-state index contributed by atoms with van der Waals surface area (Å²) in [6.07, 6.45) is 4.79. The van der Waals surface area contributed by atoms with E-state index in [1.54, 1.807) is 29.3 Å². The lowest BCUT2D eigenvalue weighted by Crippen LogP contribution is -2.50. The number of piperidine rings is 1. The number of pyridine rings is 1. The molecule has 0 spiro atoms. The van der Waals surface area contributed by atoms with Crippen molar-refractivity contribution in [3.63, 3.8) is 0 Å². The zero-order chi connectivity index (χ0) is 28.5. The molecule has 12 heteroatoms. The number of nitrogens with zero attached hydrogens (tertiary/aromatic N) is 4. The van der Waals surface area contributed by atoms with E-state index in [0.717, 1.165) is 39.0 Å². The van der Waals surface area contributed by atoms with Gasteiger partial charge in [-0.1, -0.05) is 0 Å². The number of likely N-dealkylation sites (N-methyl/N-ethyl adjacent to an activating group) is 1. The van der Waals surface area contributed by atoms with Crippen molar-refractivity contribution in [1.82, 2.24) is 25.0 Å². The Bertz CT molecular complexity index is 1460. The number of anilines is 1. The van der Waals surface area contributed by atoms with E-state index in [1.807, 2.05) is 4.90 Å².